The van der Waals surface area contributed by atoms with Crippen LogP contribution in [0.2, 0.25) is 0 Å². The lowest BCUT2D eigenvalue weighted by Crippen LogP contribution is -2.57. The molecule has 5 rings (SSSR count). The van der Waals surface area contributed by atoms with Crippen LogP contribution in [-0.4, -0.2) is 46.6 Å². The molecule has 1 saturated heterocycles. The molecule has 2 aromatic heterocycles. The highest BCUT2D eigenvalue weighted by Crippen LogP contribution is 2.47. The summed E-state index contributed by atoms with van der Waals surface area (Å²) in [5, 5.41) is 15.3. The molecule has 1 saturated carbocycles. The molecule has 2 N–H and O–H groups in total. The lowest BCUT2D eigenvalue weighted by molar-refractivity contribution is -0.123. The number of pyridine rings is 1. The largest absolute Gasteiger partial charge is 0.465 e. The van der Waals surface area contributed by atoms with Crippen LogP contribution in [0.4, 0.5) is 5.69 Å². The first-order valence-corrected chi connectivity index (χ1v) is 13.0. The molecular formula is C27H31N3O4S. The third kappa shape index (κ3) is 4.46. The molecule has 3 aromatic rings. The Balaban J connectivity index is 1.43. The van der Waals surface area contributed by atoms with Gasteiger partial charge in [-0.1, -0.05) is 43.2 Å². The molecular weight excluding hydrogens is 462 g/mol. The molecule has 1 amide bonds. The molecule has 3 heterocycles. The van der Waals surface area contributed by atoms with Crippen molar-refractivity contribution in [2.45, 2.75) is 57.2 Å². The number of aliphatic hydroxyl groups is 1. The Labute approximate surface area is 209 Å². The molecule has 184 valence electrons. The van der Waals surface area contributed by atoms with Gasteiger partial charge in [0.2, 0.25) is 5.91 Å². The number of rotatable bonds is 5. The van der Waals surface area contributed by atoms with E-state index in [0.717, 1.165) is 42.5 Å². The zero-order valence-corrected chi connectivity index (χ0v) is 20.9. The summed E-state index contributed by atoms with van der Waals surface area (Å²) >= 11 is 1.24. The molecule has 3 atom stereocenters. The van der Waals surface area contributed by atoms with Gasteiger partial charge < -0.3 is 15.2 Å². The third-order valence-electron chi connectivity index (χ3n) is 7.52. The van der Waals surface area contributed by atoms with Crippen LogP contribution in [0.25, 0.3) is 10.2 Å². The average Bonchev–Trinajstić information content (AvgIpc) is 3.23. The summed E-state index contributed by atoms with van der Waals surface area (Å²) in [6, 6.07) is 14.3. The number of amides is 1. The summed E-state index contributed by atoms with van der Waals surface area (Å²) in [6.07, 6.45) is 5.10. The van der Waals surface area contributed by atoms with Gasteiger partial charge in [-0.25, -0.2) is 9.78 Å². The first kappa shape index (κ1) is 23.9. The van der Waals surface area contributed by atoms with Crippen LogP contribution in [0, 0.1) is 5.92 Å². The summed E-state index contributed by atoms with van der Waals surface area (Å²) < 4.78 is 4.92. The molecule has 0 spiro atoms. The molecule has 2 fully saturated rings. The topological polar surface area (TPSA) is 91.8 Å². The van der Waals surface area contributed by atoms with Gasteiger partial charge in [0.25, 0.3) is 0 Å². The van der Waals surface area contributed by atoms with Gasteiger partial charge in [0.15, 0.2) is 0 Å². The fourth-order valence-electron chi connectivity index (χ4n) is 5.90. The number of fused-ring (bicyclic) bond motifs is 2. The van der Waals surface area contributed by atoms with E-state index in [1.165, 1.54) is 31.8 Å². The number of anilines is 1. The van der Waals surface area contributed by atoms with Gasteiger partial charge in [-0.05, 0) is 37.0 Å². The number of hydrogen-bond donors (Lipinski definition) is 2. The smallest absolute Gasteiger partial charge is 0.350 e. The minimum atomic E-state index is -0.795. The first-order valence-electron chi connectivity index (χ1n) is 12.2. The Morgan fingerprint density at radius 2 is 1.97 bits per heavy atom. The molecule has 0 bridgehead atoms. The van der Waals surface area contributed by atoms with E-state index in [1.54, 1.807) is 0 Å². The Bertz CT molecular complexity index is 1240. The number of carbonyl (C=O) groups excluding carboxylic acids is 2. The van der Waals surface area contributed by atoms with Crippen LogP contribution >= 0.6 is 11.3 Å². The Hall–Kier alpha value is -2.81. The van der Waals surface area contributed by atoms with Crippen molar-refractivity contribution in [1.29, 1.82) is 0 Å². The van der Waals surface area contributed by atoms with Gasteiger partial charge in [-0.15, -0.1) is 11.3 Å². The maximum atomic E-state index is 12.3. The summed E-state index contributed by atoms with van der Waals surface area (Å²) in [5.74, 6) is -0.545. The number of methoxy groups -OCH3 is 1. The van der Waals surface area contributed by atoms with E-state index in [-0.39, 0.29) is 11.8 Å². The van der Waals surface area contributed by atoms with E-state index in [9.17, 15) is 14.7 Å². The van der Waals surface area contributed by atoms with Crippen molar-refractivity contribution in [3.05, 3.63) is 58.6 Å². The van der Waals surface area contributed by atoms with Crippen LogP contribution in [0.1, 0.15) is 60.0 Å². The van der Waals surface area contributed by atoms with Crippen molar-refractivity contribution in [2.24, 2.45) is 5.92 Å². The van der Waals surface area contributed by atoms with E-state index in [1.807, 2.05) is 30.3 Å². The van der Waals surface area contributed by atoms with E-state index in [0.29, 0.717) is 34.4 Å². The van der Waals surface area contributed by atoms with Crippen LogP contribution in [0.5, 0.6) is 0 Å². The molecule has 1 aromatic carbocycles. The molecule has 35 heavy (non-hydrogen) atoms. The number of nitrogens with zero attached hydrogens (tertiary/aromatic N) is 2. The standard InChI is InChI=1S/C27H31N3O4S/c1-17(31)28-23-20-13-12-19(29-25(20)35-24(23)26(32)34-2)16-30-15-14-27(33,18-8-4-3-5-9-18)21-10-6-7-11-22(21)30/h3-5,8-9,12-13,21-22,33H,6-7,10-11,14-16H2,1-2H3,(H,28,31)/t21-,22+,27+/m0/s1. The van der Waals surface area contributed by atoms with Gasteiger partial charge in [0, 0.05) is 37.4 Å². The molecule has 8 heteroatoms. The van der Waals surface area contributed by atoms with Crippen LogP contribution in [0.3, 0.4) is 0 Å². The monoisotopic (exact) mass is 493 g/mol. The van der Waals surface area contributed by atoms with Gasteiger partial charge in [0.1, 0.15) is 9.71 Å². The first-order chi connectivity index (χ1) is 16.9. The normalized spacial score (nSPS) is 24.7. The third-order valence-corrected chi connectivity index (χ3v) is 8.60. The molecule has 1 aliphatic heterocycles. The van der Waals surface area contributed by atoms with Gasteiger partial charge in [-0.3, -0.25) is 9.69 Å². The highest BCUT2D eigenvalue weighted by Gasteiger charge is 2.49. The van der Waals surface area contributed by atoms with Crippen LogP contribution < -0.4 is 5.32 Å². The minimum absolute atomic E-state index is 0.190. The summed E-state index contributed by atoms with van der Waals surface area (Å²) in [6.45, 7) is 2.89. The molecule has 2 aliphatic rings. The Morgan fingerprint density at radius 3 is 2.71 bits per heavy atom. The number of likely N-dealkylation sites (tertiary alicyclic amines) is 1. The second-order valence-electron chi connectivity index (χ2n) is 9.60. The molecule has 7 nitrogen and oxygen atoms in total. The molecule has 0 unspecified atom stereocenters. The fourth-order valence-corrected chi connectivity index (χ4v) is 6.97. The lowest BCUT2D eigenvalue weighted by Gasteiger charge is -2.52. The highest BCUT2D eigenvalue weighted by molar-refractivity contribution is 7.21. The quantitative estimate of drug-likeness (QED) is 0.501. The summed E-state index contributed by atoms with van der Waals surface area (Å²) in [7, 11) is 1.33. The molecule has 0 radical (unpaired) electrons. The highest BCUT2D eigenvalue weighted by atomic mass is 32.1. The number of esters is 1. The second-order valence-corrected chi connectivity index (χ2v) is 10.6. The van der Waals surface area contributed by atoms with Crippen molar-refractivity contribution in [3.63, 3.8) is 0 Å². The number of ether oxygens (including phenoxy) is 1. The number of benzene rings is 1. The lowest BCUT2D eigenvalue weighted by atomic mass is 9.66. The van der Waals surface area contributed by atoms with Gasteiger partial charge >= 0.3 is 5.97 Å². The van der Waals surface area contributed by atoms with Crippen LogP contribution in [-0.2, 0) is 21.7 Å². The minimum Gasteiger partial charge on any atom is -0.465 e. The zero-order valence-electron chi connectivity index (χ0n) is 20.1. The van der Waals surface area contributed by atoms with E-state index >= 15 is 0 Å². The van der Waals surface area contributed by atoms with Gasteiger partial charge in [0.05, 0.1) is 24.1 Å². The second kappa shape index (κ2) is 9.68. The van der Waals surface area contributed by atoms with Crippen molar-refractivity contribution in [2.75, 3.05) is 19.0 Å². The van der Waals surface area contributed by atoms with E-state index < -0.39 is 11.6 Å². The maximum Gasteiger partial charge on any atom is 0.350 e. The summed E-state index contributed by atoms with van der Waals surface area (Å²) in [5.41, 5.74) is 1.60. The number of thiophene rings is 1. The Morgan fingerprint density at radius 1 is 1.20 bits per heavy atom. The number of hydrogen-bond acceptors (Lipinski definition) is 7. The SMILES string of the molecule is COC(=O)c1sc2nc(CN3CC[C@@](O)(c4ccccc4)[C@H]4CCCC[C@H]43)ccc2c1NC(C)=O. The summed E-state index contributed by atoms with van der Waals surface area (Å²) in [4.78, 5) is 32.4. The average molecular weight is 494 g/mol. The van der Waals surface area contributed by atoms with Gasteiger partial charge in [-0.2, -0.15) is 0 Å². The van der Waals surface area contributed by atoms with Crippen LogP contribution in [0.15, 0.2) is 42.5 Å². The fraction of sp³-hybridized carbons (Fsp3) is 0.444. The van der Waals surface area contributed by atoms with Crippen molar-refractivity contribution >= 4 is 39.1 Å². The molecule has 1 aliphatic carbocycles. The number of nitrogens with one attached hydrogen (secondary N) is 1. The number of aromatic nitrogens is 1. The van der Waals surface area contributed by atoms with Crippen molar-refractivity contribution in [1.82, 2.24) is 9.88 Å². The predicted octanol–water partition coefficient (Wildman–Crippen LogP) is 4.69. The Kier molecular flexibility index (Phi) is 6.61. The maximum absolute atomic E-state index is 12.3. The van der Waals surface area contributed by atoms with E-state index in [4.69, 9.17) is 9.72 Å². The zero-order chi connectivity index (χ0) is 24.6. The predicted molar refractivity (Wildman–Crippen MR) is 136 cm³/mol. The van der Waals surface area contributed by atoms with Crippen molar-refractivity contribution < 1.29 is 19.4 Å². The number of piperidine rings is 1. The van der Waals surface area contributed by atoms with E-state index in [2.05, 4.69) is 22.3 Å². The number of carbonyl (C=O) groups is 2. The van der Waals surface area contributed by atoms with Crippen molar-refractivity contribution in [3.8, 4) is 0 Å².